The van der Waals surface area contributed by atoms with Crippen LogP contribution in [-0.4, -0.2) is 16.5 Å². The number of carbonyl (C=O) groups excluding carboxylic acids is 2. The van der Waals surface area contributed by atoms with Gasteiger partial charge < -0.3 is 9.88 Å². The van der Waals surface area contributed by atoms with Gasteiger partial charge in [0.25, 0.3) is 5.91 Å². The molecule has 6 nitrogen and oxygen atoms in total. The largest absolute Gasteiger partial charge is 0.340 e. The number of imide groups is 1. The molecule has 1 aliphatic heterocycles. The van der Waals surface area contributed by atoms with Crippen molar-refractivity contribution in [2.45, 2.75) is 13.5 Å². The highest BCUT2D eigenvalue weighted by molar-refractivity contribution is 6.31. The fraction of sp³-hybridized carbons (Fsp3) is 0.0741. The number of rotatable bonds is 4. The van der Waals surface area contributed by atoms with Crippen LogP contribution in [0.1, 0.15) is 22.4 Å². The fourth-order valence-electron chi connectivity index (χ4n) is 4.29. The van der Waals surface area contributed by atoms with Gasteiger partial charge in [0.1, 0.15) is 5.70 Å². The number of anilines is 1. The molecule has 1 fully saturated rings. The van der Waals surface area contributed by atoms with E-state index in [0.29, 0.717) is 22.8 Å². The zero-order chi connectivity index (χ0) is 23.8. The number of hydrogen-bond acceptors (Lipinski definition) is 3. The van der Waals surface area contributed by atoms with Crippen molar-refractivity contribution in [1.82, 2.24) is 9.88 Å². The molecule has 34 heavy (non-hydrogen) atoms. The number of halogens is 1. The van der Waals surface area contributed by atoms with Gasteiger partial charge in [-0.05, 0) is 55.0 Å². The van der Waals surface area contributed by atoms with Crippen molar-refractivity contribution in [2.24, 2.45) is 0 Å². The van der Waals surface area contributed by atoms with Crippen LogP contribution in [-0.2, 0) is 11.3 Å². The van der Waals surface area contributed by atoms with E-state index in [1.807, 2.05) is 49.4 Å². The molecule has 166 valence electrons. The Morgan fingerprint density at radius 2 is 1.71 bits per heavy atom. The Hall–Kier alpha value is -4.34. The lowest BCUT2D eigenvalue weighted by Gasteiger charge is -2.11. The van der Waals surface area contributed by atoms with E-state index in [0.717, 1.165) is 32.6 Å². The zero-order valence-electron chi connectivity index (χ0n) is 18.2. The Labute approximate surface area is 201 Å². The zero-order valence-corrected chi connectivity index (χ0v) is 19.0. The molecule has 1 aromatic heterocycles. The average molecular weight is 467 g/mol. The third-order valence-electron chi connectivity index (χ3n) is 6.00. The molecule has 3 aromatic carbocycles. The molecule has 0 spiro atoms. The number of benzene rings is 3. The number of hydrogen-bond donors (Lipinski definition) is 1. The van der Waals surface area contributed by atoms with Gasteiger partial charge in [-0.25, -0.2) is 9.69 Å². The Morgan fingerprint density at radius 3 is 2.47 bits per heavy atom. The lowest BCUT2D eigenvalue weighted by Crippen LogP contribution is -2.30. The van der Waals surface area contributed by atoms with Crippen LogP contribution in [0.2, 0.25) is 5.02 Å². The van der Waals surface area contributed by atoms with E-state index in [4.69, 9.17) is 11.6 Å². The molecule has 2 heterocycles. The number of nitriles is 1. The minimum absolute atomic E-state index is 0.198. The highest BCUT2D eigenvalue weighted by atomic mass is 35.5. The van der Waals surface area contributed by atoms with Gasteiger partial charge in [0.05, 0.1) is 17.3 Å². The highest BCUT2D eigenvalue weighted by Crippen LogP contribution is 2.31. The van der Waals surface area contributed by atoms with E-state index in [1.54, 1.807) is 36.4 Å². The second-order valence-corrected chi connectivity index (χ2v) is 8.41. The van der Waals surface area contributed by atoms with Crippen LogP contribution in [0, 0.1) is 18.3 Å². The van der Waals surface area contributed by atoms with Crippen molar-refractivity contribution in [3.63, 3.8) is 0 Å². The van der Waals surface area contributed by atoms with Crippen molar-refractivity contribution in [3.05, 3.63) is 106 Å². The van der Waals surface area contributed by atoms with Crippen LogP contribution in [0.15, 0.2) is 78.5 Å². The fourth-order valence-corrected chi connectivity index (χ4v) is 4.41. The van der Waals surface area contributed by atoms with Crippen LogP contribution in [0.5, 0.6) is 0 Å². The molecule has 0 unspecified atom stereocenters. The summed E-state index contributed by atoms with van der Waals surface area (Å²) in [6, 6.07) is 23.7. The first kappa shape index (κ1) is 21.5. The molecular formula is C27H19ClN4O2. The first-order valence-electron chi connectivity index (χ1n) is 10.7. The number of para-hydroxylation sites is 1. The molecule has 5 rings (SSSR count). The number of nitrogens with zero attached hydrogens (tertiary/aromatic N) is 3. The Kier molecular flexibility index (Phi) is 5.40. The maximum Gasteiger partial charge on any atom is 0.333 e. The molecular weight excluding hydrogens is 448 g/mol. The van der Waals surface area contributed by atoms with Gasteiger partial charge in [0.2, 0.25) is 0 Å². The molecule has 1 N–H and O–H groups in total. The van der Waals surface area contributed by atoms with Crippen molar-refractivity contribution in [1.29, 1.82) is 5.26 Å². The highest BCUT2D eigenvalue weighted by Gasteiger charge is 2.35. The molecule has 7 heteroatoms. The number of aromatic nitrogens is 1. The third kappa shape index (κ3) is 3.62. The van der Waals surface area contributed by atoms with E-state index in [9.17, 15) is 14.9 Å². The topological polar surface area (TPSA) is 78.1 Å². The summed E-state index contributed by atoms with van der Waals surface area (Å²) >= 11 is 5.94. The van der Waals surface area contributed by atoms with Crippen LogP contribution in [0.4, 0.5) is 10.5 Å². The second-order valence-electron chi connectivity index (χ2n) is 7.98. The molecule has 1 saturated heterocycles. The molecule has 0 radical (unpaired) electrons. The maximum atomic E-state index is 13.1. The molecule has 0 aliphatic carbocycles. The van der Waals surface area contributed by atoms with Crippen molar-refractivity contribution >= 4 is 46.2 Å². The minimum Gasteiger partial charge on any atom is -0.340 e. The lowest BCUT2D eigenvalue weighted by atomic mass is 10.1. The van der Waals surface area contributed by atoms with Crippen LogP contribution in [0.3, 0.4) is 0 Å². The van der Waals surface area contributed by atoms with E-state index >= 15 is 0 Å². The standard InChI is InChI=1S/C27H19ClN4O2/c1-17-23(14-24-26(33)32(27(34)30-24)21-12-10-20(28)11-13-21)22-8-4-5-9-25(22)31(17)16-19-7-3-2-6-18(19)15-29/h2-14H,16H2,1H3,(H,30,34)/b24-14+. The monoisotopic (exact) mass is 466 g/mol. The summed E-state index contributed by atoms with van der Waals surface area (Å²) in [7, 11) is 0. The normalized spacial score (nSPS) is 14.6. The first-order chi connectivity index (χ1) is 16.5. The van der Waals surface area contributed by atoms with Gasteiger partial charge >= 0.3 is 6.03 Å². The van der Waals surface area contributed by atoms with Crippen molar-refractivity contribution in [3.8, 4) is 6.07 Å². The van der Waals surface area contributed by atoms with Crippen molar-refractivity contribution in [2.75, 3.05) is 4.90 Å². The summed E-state index contributed by atoms with van der Waals surface area (Å²) in [5.41, 5.74) is 4.92. The van der Waals surface area contributed by atoms with Gasteiger partial charge in [-0.2, -0.15) is 5.26 Å². The van der Waals surface area contributed by atoms with E-state index < -0.39 is 11.9 Å². The molecule has 1 aliphatic rings. The summed E-state index contributed by atoms with van der Waals surface area (Å²) in [6.45, 7) is 2.48. The summed E-state index contributed by atoms with van der Waals surface area (Å²) in [6.07, 6.45) is 1.72. The van der Waals surface area contributed by atoms with Gasteiger partial charge in [0, 0.05) is 33.7 Å². The maximum absolute atomic E-state index is 13.1. The Morgan fingerprint density at radius 1 is 1.00 bits per heavy atom. The van der Waals surface area contributed by atoms with Crippen molar-refractivity contribution < 1.29 is 9.59 Å². The molecule has 0 saturated carbocycles. The molecule has 0 bridgehead atoms. The Bertz CT molecular complexity index is 1530. The minimum atomic E-state index is -0.511. The molecule has 0 atom stereocenters. The Balaban J connectivity index is 1.58. The summed E-state index contributed by atoms with van der Waals surface area (Å²) in [5.74, 6) is -0.432. The van der Waals surface area contributed by atoms with E-state index in [1.165, 1.54) is 0 Å². The number of fused-ring (bicyclic) bond motifs is 1. The summed E-state index contributed by atoms with van der Waals surface area (Å²) < 4.78 is 2.12. The number of amides is 3. The first-order valence-corrected chi connectivity index (χ1v) is 11.0. The summed E-state index contributed by atoms with van der Waals surface area (Å²) in [5, 5.41) is 13.7. The SMILES string of the molecule is Cc1c(/C=C2/NC(=O)N(c3ccc(Cl)cc3)C2=O)c2ccccc2n1Cc1ccccc1C#N. The van der Waals surface area contributed by atoms with Gasteiger partial charge in [-0.1, -0.05) is 48.0 Å². The van der Waals surface area contributed by atoms with Gasteiger partial charge in [-0.15, -0.1) is 0 Å². The predicted molar refractivity (Wildman–Crippen MR) is 132 cm³/mol. The van der Waals surface area contributed by atoms with E-state index in [2.05, 4.69) is 16.0 Å². The number of carbonyl (C=O) groups is 2. The van der Waals surface area contributed by atoms with Gasteiger partial charge in [0.15, 0.2) is 0 Å². The van der Waals surface area contributed by atoms with Crippen LogP contribution >= 0.6 is 11.6 Å². The quantitative estimate of drug-likeness (QED) is 0.313. The van der Waals surface area contributed by atoms with Gasteiger partial charge in [-0.3, -0.25) is 4.79 Å². The summed E-state index contributed by atoms with van der Waals surface area (Å²) in [4.78, 5) is 26.9. The number of nitrogens with one attached hydrogen (secondary N) is 1. The predicted octanol–water partition coefficient (Wildman–Crippen LogP) is 5.62. The second kappa shape index (κ2) is 8.54. The lowest BCUT2D eigenvalue weighted by molar-refractivity contribution is -0.113. The van der Waals surface area contributed by atoms with Crippen LogP contribution in [0.25, 0.3) is 17.0 Å². The number of urea groups is 1. The average Bonchev–Trinajstić information content (AvgIpc) is 3.28. The third-order valence-corrected chi connectivity index (χ3v) is 6.25. The van der Waals surface area contributed by atoms with E-state index in [-0.39, 0.29) is 5.70 Å². The molecule has 3 amide bonds. The molecule has 4 aromatic rings. The van der Waals surface area contributed by atoms with Crippen LogP contribution < -0.4 is 10.2 Å². The smallest absolute Gasteiger partial charge is 0.333 e.